The van der Waals surface area contributed by atoms with Gasteiger partial charge < -0.3 is 21.1 Å². The van der Waals surface area contributed by atoms with Crippen molar-refractivity contribution in [1.29, 1.82) is 0 Å². The quantitative estimate of drug-likeness (QED) is 0.624. The van der Waals surface area contributed by atoms with Gasteiger partial charge in [0, 0.05) is 44.2 Å². The third-order valence-electron chi connectivity index (χ3n) is 5.73. The monoisotopic (exact) mass is 388 g/mol. The lowest BCUT2D eigenvalue weighted by Crippen LogP contribution is -2.38. The molecule has 1 aliphatic carbocycles. The van der Waals surface area contributed by atoms with Gasteiger partial charge in [0.15, 0.2) is 0 Å². The van der Waals surface area contributed by atoms with Crippen LogP contribution in [0.3, 0.4) is 0 Å². The molecule has 2 fully saturated rings. The largest absolute Gasteiger partial charge is 0.379 e. The minimum absolute atomic E-state index is 0.00409. The second kappa shape index (κ2) is 10.5. The zero-order valence-corrected chi connectivity index (χ0v) is 16.5. The highest BCUT2D eigenvalue weighted by Crippen LogP contribution is 2.31. The zero-order chi connectivity index (χ0) is 19.8. The fraction of sp³-hybridized carbons (Fsp3) is 0.619. The number of hydrogen-bond acceptors (Lipinski definition) is 5. The molecule has 1 aliphatic heterocycles. The number of amides is 2. The molecule has 154 valence electrons. The van der Waals surface area contributed by atoms with Crippen LogP contribution < -0.4 is 16.4 Å². The van der Waals surface area contributed by atoms with Crippen LogP contribution in [0.2, 0.25) is 0 Å². The molecule has 7 nitrogen and oxygen atoms in total. The molecule has 3 rings (SSSR count). The summed E-state index contributed by atoms with van der Waals surface area (Å²) in [7, 11) is 0. The number of anilines is 1. The molecule has 1 heterocycles. The molecule has 1 saturated carbocycles. The van der Waals surface area contributed by atoms with Crippen molar-refractivity contribution in [3.63, 3.8) is 0 Å². The molecular weight excluding hydrogens is 356 g/mol. The molecular formula is C21H32N4O3. The summed E-state index contributed by atoms with van der Waals surface area (Å²) in [5, 5.41) is 5.98. The second-order valence-corrected chi connectivity index (χ2v) is 7.70. The van der Waals surface area contributed by atoms with Gasteiger partial charge >= 0.3 is 0 Å². The first-order chi connectivity index (χ1) is 13.7. The van der Waals surface area contributed by atoms with Crippen LogP contribution in [0.1, 0.15) is 31.2 Å². The van der Waals surface area contributed by atoms with Crippen molar-refractivity contribution >= 4 is 17.5 Å². The van der Waals surface area contributed by atoms with E-state index in [0.29, 0.717) is 25.4 Å². The molecule has 7 heteroatoms. The Balaban J connectivity index is 1.44. The molecule has 0 unspecified atom stereocenters. The minimum Gasteiger partial charge on any atom is -0.379 e. The fourth-order valence-corrected chi connectivity index (χ4v) is 4.05. The van der Waals surface area contributed by atoms with Gasteiger partial charge in [-0.2, -0.15) is 0 Å². The van der Waals surface area contributed by atoms with E-state index in [1.54, 1.807) is 0 Å². The Morgan fingerprint density at radius 2 is 2.04 bits per heavy atom. The van der Waals surface area contributed by atoms with Gasteiger partial charge in [-0.3, -0.25) is 14.5 Å². The van der Waals surface area contributed by atoms with Crippen molar-refractivity contribution in [3.05, 3.63) is 29.8 Å². The molecule has 1 aromatic carbocycles. The van der Waals surface area contributed by atoms with Crippen molar-refractivity contribution in [2.24, 2.45) is 17.6 Å². The van der Waals surface area contributed by atoms with Crippen molar-refractivity contribution in [3.8, 4) is 0 Å². The highest BCUT2D eigenvalue weighted by Gasteiger charge is 2.31. The summed E-state index contributed by atoms with van der Waals surface area (Å²) >= 11 is 0. The molecule has 0 aromatic heterocycles. The van der Waals surface area contributed by atoms with Crippen LogP contribution in [-0.2, 0) is 20.9 Å². The van der Waals surface area contributed by atoms with E-state index in [0.717, 1.165) is 63.4 Å². The number of ether oxygens (including phenoxy) is 1. The Kier molecular flexibility index (Phi) is 7.82. The topological polar surface area (TPSA) is 96.7 Å². The molecule has 0 spiro atoms. The Bertz CT molecular complexity index is 661. The van der Waals surface area contributed by atoms with Gasteiger partial charge in [0.2, 0.25) is 11.8 Å². The third-order valence-corrected chi connectivity index (χ3v) is 5.73. The van der Waals surface area contributed by atoms with Gasteiger partial charge in [-0.05, 0) is 43.0 Å². The van der Waals surface area contributed by atoms with Gasteiger partial charge in [-0.15, -0.1) is 0 Å². The van der Waals surface area contributed by atoms with Crippen molar-refractivity contribution in [1.82, 2.24) is 10.2 Å². The lowest BCUT2D eigenvalue weighted by molar-refractivity contribution is -0.126. The molecule has 1 saturated heterocycles. The number of rotatable bonds is 8. The van der Waals surface area contributed by atoms with Crippen LogP contribution in [0.4, 0.5) is 5.69 Å². The number of benzene rings is 1. The highest BCUT2D eigenvalue weighted by atomic mass is 16.5. The smallest absolute Gasteiger partial charge is 0.225 e. The third kappa shape index (κ3) is 6.02. The van der Waals surface area contributed by atoms with E-state index in [1.165, 1.54) is 0 Å². The fourth-order valence-electron chi connectivity index (χ4n) is 4.05. The summed E-state index contributed by atoms with van der Waals surface area (Å²) in [6, 6.07) is 7.65. The maximum atomic E-state index is 12.4. The summed E-state index contributed by atoms with van der Waals surface area (Å²) in [6.45, 7) is 5.02. The molecule has 2 aliphatic rings. The minimum atomic E-state index is 0.00409. The van der Waals surface area contributed by atoms with E-state index in [2.05, 4.69) is 15.5 Å². The maximum Gasteiger partial charge on any atom is 0.225 e. The predicted octanol–water partition coefficient (Wildman–Crippen LogP) is 1.34. The molecule has 1 aromatic rings. The SMILES string of the molecule is NC[C@H]1CCC[C@H]1C(=O)NCc1cccc(NC(=O)CCN2CCOCC2)c1. The summed E-state index contributed by atoms with van der Waals surface area (Å²) in [4.78, 5) is 26.9. The number of nitrogens with one attached hydrogen (secondary N) is 2. The summed E-state index contributed by atoms with van der Waals surface area (Å²) in [5.41, 5.74) is 7.52. The van der Waals surface area contributed by atoms with Gasteiger partial charge in [-0.1, -0.05) is 18.6 Å². The molecule has 0 radical (unpaired) electrons. The van der Waals surface area contributed by atoms with E-state index in [4.69, 9.17) is 10.5 Å². The number of nitrogens with zero attached hydrogens (tertiary/aromatic N) is 1. The second-order valence-electron chi connectivity index (χ2n) is 7.70. The van der Waals surface area contributed by atoms with Crippen LogP contribution in [-0.4, -0.2) is 56.1 Å². The molecule has 28 heavy (non-hydrogen) atoms. The summed E-state index contributed by atoms with van der Waals surface area (Å²) in [6.07, 6.45) is 3.50. The van der Waals surface area contributed by atoms with Crippen molar-refractivity contribution in [2.75, 3.05) is 44.7 Å². The number of hydrogen-bond donors (Lipinski definition) is 3. The normalized spacial score (nSPS) is 22.8. The Labute approximate surface area is 167 Å². The average molecular weight is 389 g/mol. The van der Waals surface area contributed by atoms with Gasteiger partial charge in [0.05, 0.1) is 13.2 Å². The van der Waals surface area contributed by atoms with Crippen LogP contribution in [0.25, 0.3) is 0 Å². The highest BCUT2D eigenvalue weighted by molar-refractivity contribution is 5.90. The number of morpholine rings is 1. The van der Waals surface area contributed by atoms with Crippen molar-refractivity contribution < 1.29 is 14.3 Å². The Morgan fingerprint density at radius 3 is 2.82 bits per heavy atom. The predicted molar refractivity (Wildman–Crippen MR) is 109 cm³/mol. The van der Waals surface area contributed by atoms with Crippen LogP contribution in [0, 0.1) is 11.8 Å². The molecule has 2 atom stereocenters. The number of nitrogens with two attached hydrogens (primary N) is 1. The lowest BCUT2D eigenvalue weighted by atomic mass is 9.95. The average Bonchev–Trinajstić information content (AvgIpc) is 3.20. The number of carbonyl (C=O) groups is 2. The van der Waals surface area contributed by atoms with Gasteiger partial charge in [-0.25, -0.2) is 0 Å². The number of carbonyl (C=O) groups excluding carboxylic acids is 2. The summed E-state index contributed by atoms with van der Waals surface area (Å²) < 4.78 is 5.32. The van der Waals surface area contributed by atoms with E-state index in [-0.39, 0.29) is 17.7 Å². The maximum absolute atomic E-state index is 12.4. The van der Waals surface area contributed by atoms with Crippen LogP contribution in [0.15, 0.2) is 24.3 Å². The Hall–Kier alpha value is -1.96. The summed E-state index contributed by atoms with van der Waals surface area (Å²) in [5.74, 6) is 0.433. The zero-order valence-electron chi connectivity index (χ0n) is 16.5. The first-order valence-corrected chi connectivity index (χ1v) is 10.3. The van der Waals surface area contributed by atoms with Gasteiger partial charge in [0.1, 0.15) is 0 Å². The van der Waals surface area contributed by atoms with Crippen molar-refractivity contribution in [2.45, 2.75) is 32.2 Å². The lowest BCUT2D eigenvalue weighted by Gasteiger charge is -2.26. The van der Waals surface area contributed by atoms with Gasteiger partial charge in [0.25, 0.3) is 0 Å². The van der Waals surface area contributed by atoms with Crippen LogP contribution in [0.5, 0.6) is 0 Å². The molecule has 0 bridgehead atoms. The first-order valence-electron chi connectivity index (χ1n) is 10.3. The van der Waals surface area contributed by atoms with Crippen LogP contribution >= 0.6 is 0 Å². The van der Waals surface area contributed by atoms with E-state index in [1.807, 2.05) is 24.3 Å². The Morgan fingerprint density at radius 1 is 1.21 bits per heavy atom. The van der Waals surface area contributed by atoms with E-state index < -0.39 is 0 Å². The first kappa shape index (κ1) is 20.8. The van der Waals surface area contributed by atoms with E-state index in [9.17, 15) is 9.59 Å². The molecule has 4 N–H and O–H groups in total. The van der Waals surface area contributed by atoms with E-state index >= 15 is 0 Å². The standard InChI is InChI=1S/C21H32N4O3/c22-14-17-4-2-6-19(17)21(27)23-15-16-3-1-5-18(13-16)24-20(26)7-8-25-9-11-28-12-10-25/h1,3,5,13,17,19H,2,4,6-12,14-15,22H2,(H,23,27)(H,24,26)/t17-,19-/m1/s1. The molecule has 2 amide bonds.